The Morgan fingerprint density at radius 3 is 2.41 bits per heavy atom. The fourth-order valence-electron chi connectivity index (χ4n) is 3.93. The van der Waals surface area contributed by atoms with Gasteiger partial charge in [-0.1, -0.05) is 52.3 Å². The lowest BCUT2D eigenvalue weighted by Crippen LogP contribution is -2.50. The first-order valence-electron chi connectivity index (χ1n) is 11.0. The van der Waals surface area contributed by atoms with Crippen molar-refractivity contribution in [3.63, 3.8) is 0 Å². The lowest BCUT2D eigenvalue weighted by atomic mass is 10.1. The SMILES string of the molecule is CC(C)(C)OC(=O)N1CCN(c2ccc(Br)cc2NCc2ccc3ccccc3c2)CC1. The maximum absolute atomic E-state index is 12.4. The first kappa shape index (κ1) is 22.5. The fraction of sp³-hybridized carbons (Fsp3) is 0.346. The van der Waals surface area contributed by atoms with Gasteiger partial charge in [-0.05, 0) is 61.4 Å². The van der Waals surface area contributed by atoms with Crippen molar-refractivity contribution < 1.29 is 9.53 Å². The van der Waals surface area contributed by atoms with Crippen molar-refractivity contribution in [1.29, 1.82) is 0 Å². The topological polar surface area (TPSA) is 44.8 Å². The summed E-state index contributed by atoms with van der Waals surface area (Å²) >= 11 is 3.61. The molecule has 1 amide bonds. The molecular formula is C26H30BrN3O2. The smallest absolute Gasteiger partial charge is 0.410 e. The van der Waals surface area contributed by atoms with Crippen molar-refractivity contribution in [1.82, 2.24) is 4.90 Å². The molecule has 6 heteroatoms. The molecule has 1 saturated heterocycles. The zero-order valence-electron chi connectivity index (χ0n) is 18.9. The van der Waals surface area contributed by atoms with E-state index in [1.807, 2.05) is 20.8 Å². The van der Waals surface area contributed by atoms with Crippen LogP contribution in [0.3, 0.4) is 0 Å². The molecule has 3 aromatic carbocycles. The zero-order valence-corrected chi connectivity index (χ0v) is 20.5. The van der Waals surface area contributed by atoms with Crippen LogP contribution >= 0.6 is 15.9 Å². The molecule has 0 spiro atoms. The van der Waals surface area contributed by atoms with E-state index in [0.717, 1.165) is 35.5 Å². The molecule has 0 aliphatic carbocycles. The van der Waals surface area contributed by atoms with Gasteiger partial charge < -0.3 is 19.9 Å². The summed E-state index contributed by atoms with van der Waals surface area (Å²) in [5.41, 5.74) is 3.00. The Balaban J connectivity index is 1.44. The third kappa shape index (κ3) is 5.54. The normalized spacial score (nSPS) is 14.5. The van der Waals surface area contributed by atoms with E-state index in [2.05, 4.69) is 86.8 Å². The third-order valence-electron chi connectivity index (χ3n) is 5.53. The number of hydrogen-bond acceptors (Lipinski definition) is 4. The van der Waals surface area contributed by atoms with Crippen LogP contribution in [0.25, 0.3) is 10.8 Å². The molecule has 3 aromatic rings. The van der Waals surface area contributed by atoms with Gasteiger partial charge in [0.1, 0.15) is 5.60 Å². The van der Waals surface area contributed by atoms with Crippen molar-refractivity contribution >= 4 is 44.2 Å². The highest BCUT2D eigenvalue weighted by atomic mass is 79.9. The van der Waals surface area contributed by atoms with Gasteiger partial charge in [0.25, 0.3) is 0 Å². The highest BCUT2D eigenvalue weighted by Gasteiger charge is 2.26. The largest absolute Gasteiger partial charge is 0.444 e. The Hall–Kier alpha value is -2.73. The minimum Gasteiger partial charge on any atom is -0.444 e. The van der Waals surface area contributed by atoms with E-state index in [1.54, 1.807) is 4.90 Å². The molecule has 1 fully saturated rings. The van der Waals surface area contributed by atoms with Crippen LogP contribution in [0.15, 0.2) is 65.1 Å². The van der Waals surface area contributed by atoms with Crippen LogP contribution in [0.5, 0.6) is 0 Å². The van der Waals surface area contributed by atoms with Crippen LogP contribution in [-0.4, -0.2) is 42.8 Å². The number of rotatable bonds is 4. The summed E-state index contributed by atoms with van der Waals surface area (Å²) in [6.45, 7) is 9.27. The highest BCUT2D eigenvalue weighted by molar-refractivity contribution is 9.10. The number of nitrogens with one attached hydrogen (secondary N) is 1. The quantitative estimate of drug-likeness (QED) is 0.463. The van der Waals surface area contributed by atoms with Crippen LogP contribution < -0.4 is 10.2 Å². The third-order valence-corrected chi connectivity index (χ3v) is 6.02. The van der Waals surface area contributed by atoms with Gasteiger partial charge in [0.15, 0.2) is 0 Å². The minimum absolute atomic E-state index is 0.234. The molecule has 1 heterocycles. The van der Waals surface area contributed by atoms with Crippen molar-refractivity contribution in [2.45, 2.75) is 32.9 Å². The van der Waals surface area contributed by atoms with Crippen LogP contribution in [0.2, 0.25) is 0 Å². The number of amides is 1. The van der Waals surface area contributed by atoms with Gasteiger partial charge in [0, 0.05) is 37.2 Å². The van der Waals surface area contributed by atoms with E-state index in [-0.39, 0.29) is 6.09 Å². The van der Waals surface area contributed by atoms with Gasteiger partial charge in [-0.3, -0.25) is 0 Å². The number of anilines is 2. The molecule has 4 rings (SSSR count). The highest BCUT2D eigenvalue weighted by Crippen LogP contribution is 2.31. The number of halogens is 1. The molecule has 5 nitrogen and oxygen atoms in total. The monoisotopic (exact) mass is 495 g/mol. The summed E-state index contributed by atoms with van der Waals surface area (Å²) in [5, 5.41) is 6.12. The average molecular weight is 496 g/mol. The maximum atomic E-state index is 12.4. The molecule has 1 aliphatic heterocycles. The number of carbonyl (C=O) groups excluding carboxylic acids is 1. The number of nitrogens with zero attached hydrogens (tertiary/aromatic N) is 2. The minimum atomic E-state index is -0.472. The van der Waals surface area contributed by atoms with Gasteiger partial charge in [-0.15, -0.1) is 0 Å². The second-order valence-corrected chi connectivity index (χ2v) is 10.1. The molecule has 0 unspecified atom stereocenters. The van der Waals surface area contributed by atoms with Gasteiger partial charge in [-0.25, -0.2) is 4.79 Å². The number of fused-ring (bicyclic) bond motifs is 1. The summed E-state index contributed by atoms with van der Waals surface area (Å²) < 4.78 is 6.56. The van der Waals surface area contributed by atoms with E-state index >= 15 is 0 Å². The number of piperazine rings is 1. The van der Waals surface area contributed by atoms with Crippen LogP contribution in [0.1, 0.15) is 26.3 Å². The van der Waals surface area contributed by atoms with Gasteiger partial charge in [-0.2, -0.15) is 0 Å². The van der Waals surface area contributed by atoms with Gasteiger partial charge in [0.05, 0.1) is 11.4 Å². The van der Waals surface area contributed by atoms with Crippen LogP contribution in [0.4, 0.5) is 16.2 Å². The van der Waals surface area contributed by atoms with Crippen molar-refractivity contribution in [2.75, 3.05) is 36.4 Å². The van der Waals surface area contributed by atoms with Crippen LogP contribution in [0, 0.1) is 0 Å². The second-order valence-electron chi connectivity index (χ2n) is 9.15. The predicted octanol–water partition coefficient (Wildman–Crippen LogP) is 6.27. The van der Waals surface area contributed by atoms with E-state index in [4.69, 9.17) is 4.74 Å². The molecular weight excluding hydrogens is 466 g/mol. The molecule has 0 radical (unpaired) electrons. The van der Waals surface area contributed by atoms with E-state index < -0.39 is 5.60 Å². The van der Waals surface area contributed by atoms with Crippen LogP contribution in [-0.2, 0) is 11.3 Å². The Morgan fingerprint density at radius 1 is 0.969 bits per heavy atom. The summed E-state index contributed by atoms with van der Waals surface area (Å²) in [6, 6.07) is 21.3. The molecule has 0 atom stereocenters. The Kier molecular flexibility index (Phi) is 6.60. The van der Waals surface area contributed by atoms with Gasteiger partial charge in [0.2, 0.25) is 0 Å². The molecule has 32 heavy (non-hydrogen) atoms. The fourth-order valence-corrected chi connectivity index (χ4v) is 4.29. The molecule has 168 valence electrons. The molecule has 0 saturated carbocycles. The van der Waals surface area contributed by atoms with Gasteiger partial charge >= 0.3 is 6.09 Å². The Labute approximate surface area is 198 Å². The Bertz CT molecular complexity index is 1100. The maximum Gasteiger partial charge on any atom is 0.410 e. The van der Waals surface area contributed by atoms with E-state index in [9.17, 15) is 4.79 Å². The summed E-state index contributed by atoms with van der Waals surface area (Å²) in [5.74, 6) is 0. The number of ether oxygens (including phenoxy) is 1. The predicted molar refractivity (Wildman–Crippen MR) is 135 cm³/mol. The van der Waals surface area contributed by atoms with Crippen molar-refractivity contribution in [2.24, 2.45) is 0 Å². The standard InChI is InChI=1S/C26H30BrN3O2/c1-26(2,3)32-25(31)30-14-12-29(13-15-30)24-11-10-22(27)17-23(24)28-18-19-8-9-20-6-4-5-7-21(20)16-19/h4-11,16-17,28H,12-15,18H2,1-3H3. The van der Waals surface area contributed by atoms with E-state index in [1.165, 1.54) is 16.3 Å². The average Bonchev–Trinajstić information content (AvgIpc) is 2.76. The van der Waals surface area contributed by atoms with Crippen molar-refractivity contribution in [3.8, 4) is 0 Å². The molecule has 0 aromatic heterocycles. The lowest BCUT2D eigenvalue weighted by molar-refractivity contribution is 0.0240. The zero-order chi connectivity index (χ0) is 22.7. The first-order chi connectivity index (χ1) is 15.3. The number of benzene rings is 3. The number of hydrogen-bond donors (Lipinski definition) is 1. The first-order valence-corrected chi connectivity index (χ1v) is 11.8. The summed E-state index contributed by atoms with van der Waals surface area (Å²) in [6.07, 6.45) is -0.234. The second kappa shape index (κ2) is 9.41. The lowest BCUT2D eigenvalue weighted by Gasteiger charge is -2.37. The van der Waals surface area contributed by atoms with Crippen molar-refractivity contribution in [3.05, 3.63) is 70.7 Å². The summed E-state index contributed by atoms with van der Waals surface area (Å²) in [4.78, 5) is 16.5. The van der Waals surface area contributed by atoms with E-state index in [0.29, 0.717) is 13.1 Å². The molecule has 1 N–H and O–H groups in total. The number of carbonyl (C=O) groups is 1. The Morgan fingerprint density at radius 2 is 1.69 bits per heavy atom. The molecule has 1 aliphatic rings. The molecule has 0 bridgehead atoms. The summed E-state index contributed by atoms with van der Waals surface area (Å²) in [7, 11) is 0.